The summed E-state index contributed by atoms with van der Waals surface area (Å²) >= 11 is 2.63. The molecule has 19 heteroatoms. The average molecular weight is 635 g/mol. The molecule has 5 aromatic rings. The topological polar surface area (TPSA) is 238 Å². The molecule has 220 valence electrons. The number of aryl methyl sites for hydroxylation is 2. The standard InChI is InChI=1S/C23H22N8O8S3/c24-20-17-21(26-8-25-20)31(9-27-17)23-19(34)18(33)13(39-23)6-38-42(36,37)30-22(35)12-7-40-15(29-12)3-4-16-28-11-2-1-10(32)5-14(11)41-16/h1-2,5,7-9,13,18-19,23,32-34H,3-4,6H2,(H,30,35)(H2,24,25,26)/t13-,18-,19-,23-/m1/s1. The summed E-state index contributed by atoms with van der Waals surface area (Å²) in [4.78, 5) is 33.3. The number of hydrogen-bond acceptors (Lipinski definition) is 16. The molecular weight excluding hydrogens is 613 g/mol. The van der Waals surface area contributed by atoms with Gasteiger partial charge in [0.25, 0.3) is 5.91 Å². The normalized spacial score (nSPS) is 20.9. The Morgan fingerprint density at radius 1 is 1.14 bits per heavy atom. The van der Waals surface area contributed by atoms with Crippen LogP contribution in [-0.4, -0.2) is 84.1 Å². The van der Waals surface area contributed by atoms with Gasteiger partial charge in [0.2, 0.25) is 0 Å². The molecule has 4 aromatic heterocycles. The highest BCUT2D eigenvalue weighted by molar-refractivity contribution is 7.85. The van der Waals surface area contributed by atoms with E-state index >= 15 is 0 Å². The minimum Gasteiger partial charge on any atom is -0.508 e. The number of carbonyl (C=O) groups excluding carboxylic acids is 1. The van der Waals surface area contributed by atoms with Crippen LogP contribution in [0.1, 0.15) is 26.7 Å². The third-order valence-electron chi connectivity index (χ3n) is 6.36. The number of fused-ring (bicyclic) bond motifs is 2. The van der Waals surface area contributed by atoms with Crippen LogP contribution in [0.15, 0.2) is 36.2 Å². The van der Waals surface area contributed by atoms with Crippen LogP contribution in [0, 0.1) is 0 Å². The second kappa shape index (κ2) is 11.1. The Morgan fingerprint density at radius 2 is 1.95 bits per heavy atom. The van der Waals surface area contributed by atoms with Crippen molar-refractivity contribution in [1.82, 2.24) is 34.2 Å². The van der Waals surface area contributed by atoms with E-state index in [1.165, 1.54) is 45.3 Å². The monoisotopic (exact) mass is 634 g/mol. The first-order chi connectivity index (χ1) is 20.1. The van der Waals surface area contributed by atoms with Gasteiger partial charge in [0, 0.05) is 18.2 Å². The fourth-order valence-electron chi connectivity index (χ4n) is 4.32. The number of ether oxygens (including phenoxy) is 1. The molecule has 6 rings (SSSR count). The number of aliphatic hydroxyl groups excluding tert-OH is 2. The minimum absolute atomic E-state index is 0.107. The summed E-state index contributed by atoms with van der Waals surface area (Å²) in [7, 11) is -4.63. The number of nitrogens with two attached hydrogens (primary N) is 1. The summed E-state index contributed by atoms with van der Waals surface area (Å²) in [5.74, 6) is -0.734. The lowest BCUT2D eigenvalue weighted by molar-refractivity contribution is -0.0468. The summed E-state index contributed by atoms with van der Waals surface area (Å²) in [6, 6.07) is 4.93. The first-order valence-electron chi connectivity index (χ1n) is 12.3. The van der Waals surface area contributed by atoms with Gasteiger partial charge in [-0.1, -0.05) is 0 Å². The number of anilines is 1. The maximum absolute atomic E-state index is 12.6. The SMILES string of the molecule is Nc1ncnc2c1ncn2[C@@H]1O[C@H](COS(=O)(=O)NC(=O)c2csc(CCc3nc4ccc(O)cc4s3)n2)[C@@H](O)[C@H]1O. The Labute approximate surface area is 244 Å². The molecule has 1 fully saturated rings. The van der Waals surface area contributed by atoms with E-state index in [0.717, 1.165) is 15.2 Å². The van der Waals surface area contributed by atoms with Crippen molar-refractivity contribution in [2.75, 3.05) is 12.3 Å². The quantitative estimate of drug-likeness (QED) is 0.146. The van der Waals surface area contributed by atoms with Crippen molar-refractivity contribution in [3.8, 4) is 5.75 Å². The molecule has 0 unspecified atom stereocenters. The molecule has 4 atom stereocenters. The van der Waals surface area contributed by atoms with Gasteiger partial charge in [-0.3, -0.25) is 13.5 Å². The lowest BCUT2D eigenvalue weighted by Gasteiger charge is -2.16. The summed E-state index contributed by atoms with van der Waals surface area (Å²) in [5.41, 5.74) is 6.94. The third-order valence-corrected chi connectivity index (χ3v) is 9.23. The fraction of sp³-hybridized carbons (Fsp3) is 0.304. The number of nitrogens with one attached hydrogen (secondary N) is 1. The number of rotatable bonds is 9. The highest BCUT2D eigenvalue weighted by atomic mass is 32.2. The number of nitrogens with zero attached hydrogens (tertiary/aromatic N) is 6. The zero-order valence-corrected chi connectivity index (χ0v) is 23.7. The van der Waals surface area contributed by atoms with E-state index in [0.29, 0.717) is 17.8 Å². The number of nitrogen functional groups attached to an aromatic ring is 1. The van der Waals surface area contributed by atoms with E-state index in [-0.39, 0.29) is 28.4 Å². The van der Waals surface area contributed by atoms with Crippen LogP contribution in [0.3, 0.4) is 0 Å². The lowest BCUT2D eigenvalue weighted by atomic mass is 10.1. The van der Waals surface area contributed by atoms with Gasteiger partial charge in [-0.25, -0.2) is 29.6 Å². The number of imidazole rings is 1. The van der Waals surface area contributed by atoms with Crippen molar-refractivity contribution in [2.45, 2.75) is 37.4 Å². The smallest absolute Gasteiger partial charge is 0.362 e. The third kappa shape index (κ3) is 5.62. The van der Waals surface area contributed by atoms with Crippen LogP contribution in [0.2, 0.25) is 0 Å². The fourth-order valence-corrected chi connectivity index (χ4v) is 6.80. The van der Waals surface area contributed by atoms with Crippen molar-refractivity contribution in [1.29, 1.82) is 0 Å². The number of carbonyl (C=O) groups is 1. The van der Waals surface area contributed by atoms with E-state index < -0.39 is 47.4 Å². The Hall–Kier alpha value is -3.85. The molecule has 0 bridgehead atoms. The number of thiazole rings is 2. The number of aromatic hydroxyl groups is 1. The number of aliphatic hydroxyl groups is 2. The lowest BCUT2D eigenvalue weighted by Crippen LogP contribution is -2.38. The molecule has 16 nitrogen and oxygen atoms in total. The van der Waals surface area contributed by atoms with E-state index in [1.54, 1.807) is 22.9 Å². The molecule has 1 aliphatic rings. The minimum atomic E-state index is -4.63. The first-order valence-corrected chi connectivity index (χ1v) is 15.4. The molecular formula is C23H22N8O8S3. The number of aromatic nitrogens is 6. The number of benzene rings is 1. The van der Waals surface area contributed by atoms with Gasteiger partial charge in [-0.05, 0) is 18.2 Å². The molecule has 42 heavy (non-hydrogen) atoms. The molecule has 0 spiro atoms. The predicted molar refractivity (Wildman–Crippen MR) is 149 cm³/mol. The molecule has 1 saturated heterocycles. The van der Waals surface area contributed by atoms with Gasteiger partial charge in [0.1, 0.15) is 41.6 Å². The van der Waals surface area contributed by atoms with Crippen molar-refractivity contribution >= 4 is 66.1 Å². The Kier molecular flexibility index (Phi) is 7.47. The zero-order valence-electron chi connectivity index (χ0n) is 21.3. The average Bonchev–Trinajstić information content (AvgIpc) is 3.73. The maximum atomic E-state index is 12.6. The van der Waals surface area contributed by atoms with Crippen molar-refractivity contribution in [3.05, 3.63) is 51.9 Å². The Morgan fingerprint density at radius 3 is 2.79 bits per heavy atom. The van der Waals surface area contributed by atoms with Crippen molar-refractivity contribution in [2.24, 2.45) is 0 Å². The van der Waals surface area contributed by atoms with E-state index in [9.17, 15) is 28.5 Å². The Balaban J connectivity index is 1.04. The van der Waals surface area contributed by atoms with E-state index in [2.05, 4.69) is 24.9 Å². The van der Waals surface area contributed by atoms with Crippen LogP contribution in [0.4, 0.5) is 5.82 Å². The molecule has 5 heterocycles. The Bertz CT molecular complexity index is 1890. The number of phenols is 1. The molecule has 1 aliphatic heterocycles. The summed E-state index contributed by atoms with van der Waals surface area (Å²) in [6.45, 7) is -0.705. The van der Waals surface area contributed by atoms with Crippen LogP contribution in [0.25, 0.3) is 21.4 Å². The molecule has 0 radical (unpaired) electrons. The summed E-state index contributed by atoms with van der Waals surface area (Å²) < 4.78 is 39.4. The largest absolute Gasteiger partial charge is 0.508 e. The zero-order chi connectivity index (χ0) is 29.6. The second-order valence-corrected chi connectivity index (χ2v) is 12.6. The number of hydrogen-bond donors (Lipinski definition) is 5. The predicted octanol–water partition coefficient (Wildman–Crippen LogP) is 0.276. The van der Waals surface area contributed by atoms with Gasteiger partial charge in [0.05, 0.1) is 33.2 Å². The van der Waals surface area contributed by atoms with Gasteiger partial charge < -0.3 is 25.8 Å². The number of phenolic OH excluding ortho intramolecular Hbond substituents is 1. The second-order valence-electron chi connectivity index (χ2n) is 9.19. The highest BCUT2D eigenvalue weighted by Crippen LogP contribution is 2.32. The maximum Gasteiger partial charge on any atom is 0.362 e. The molecule has 0 saturated carbocycles. The highest BCUT2D eigenvalue weighted by Gasteiger charge is 2.45. The van der Waals surface area contributed by atoms with Gasteiger partial charge in [-0.15, -0.1) is 22.7 Å². The van der Waals surface area contributed by atoms with Crippen LogP contribution < -0.4 is 10.5 Å². The van der Waals surface area contributed by atoms with E-state index in [4.69, 9.17) is 14.7 Å². The van der Waals surface area contributed by atoms with Crippen molar-refractivity contribution < 1.29 is 37.5 Å². The number of amides is 1. The molecule has 1 aromatic carbocycles. The van der Waals surface area contributed by atoms with Gasteiger partial charge >= 0.3 is 10.3 Å². The van der Waals surface area contributed by atoms with Crippen molar-refractivity contribution in [3.63, 3.8) is 0 Å². The summed E-state index contributed by atoms with van der Waals surface area (Å²) in [6.07, 6.45) is -1.94. The van der Waals surface area contributed by atoms with Crippen LogP contribution in [0.5, 0.6) is 5.75 Å². The van der Waals surface area contributed by atoms with Crippen LogP contribution in [-0.2, 0) is 32.1 Å². The molecule has 1 amide bonds. The van der Waals surface area contributed by atoms with Gasteiger partial charge in [0.15, 0.2) is 17.7 Å². The first kappa shape index (κ1) is 28.3. The molecule has 6 N–H and O–H groups in total. The molecule has 0 aliphatic carbocycles. The van der Waals surface area contributed by atoms with Crippen LogP contribution >= 0.6 is 22.7 Å². The van der Waals surface area contributed by atoms with Gasteiger partial charge in [-0.2, -0.15) is 8.42 Å². The van der Waals surface area contributed by atoms with E-state index in [1.807, 2.05) is 0 Å². The summed E-state index contributed by atoms with van der Waals surface area (Å²) in [5, 5.41) is 33.4.